The molecule has 0 saturated carbocycles. The van der Waals surface area contributed by atoms with Crippen LogP contribution in [0.2, 0.25) is 0 Å². The molecule has 0 saturated heterocycles. The molecule has 0 amide bonds. The Morgan fingerprint density at radius 1 is 1.29 bits per heavy atom. The van der Waals surface area contributed by atoms with Gasteiger partial charge in [-0.3, -0.25) is 0 Å². The van der Waals surface area contributed by atoms with Crippen LogP contribution in [0.15, 0.2) is 41.1 Å². The number of rotatable bonds is 5. The van der Waals surface area contributed by atoms with Crippen molar-refractivity contribution < 1.29 is 0 Å². The molecule has 0 unspecified atom stereocenters. The zero-order valence-corrected chi connectivity index (χ0v) is 10.9. The van der Waals surface area contributed by atoms with E-state index in [1.807, 2.05) is 18.2 Å². The van der Waals surface area contributed by atoms with Crippen molar-refractivity contribution >= 4 is 22.7 Å². The fraction of sp³-hybridized carbons (Fsp3) is 0.286. The van der Waals surface area contributed by atoms with Crippen LogP contribution >= 0.6 is 11.3 Å². The Hall–Kier alpha value is -1.48. The zero-order valence-electron chi connectivity index (χ0n) is 10.1. The fourth-order valence-corrected chi connectivity index (χ4v) is 2.59. The van der Waals surface area contributed by atoms with Crippen LogP contribution < -0.4 is 10.6 Å². The Kier molecular flexibility index (Phi) is 4.04. The Labute approximate surface area is 107 Å². The highest BCUT2D eigenvalue weighted by atomic mass is 32.1. The lowest BCUT2D eigenvalue weighted by Crippen LogP contribution is -2.25. The van der Waals surface area contributed by atoms with Crippen LogP contribution in [0.1, 0.15) is 12.5 Å². The first-order valence-corrected chi connectivity index (χ1v) is 6.85. The van der Waals surface area contributed by atoms with Crippen molar-refractivity contribution in [3.63, 3.8) is 0 Å². The predicted octanol–water partition coefficient (Wildman–Crippen LogP) is 3.40. The number of anilines is 2. The maximum absolute atomic E-state index is 5.82. The van der Waals surface area contributed by atoms with E-state index in [0.29, 0.717) is 0 Å². The molecule has 1 aromatic carbocycles. The van der Waals surface area contributed by atoms with Crippen molar-refractivity contribution in [2.45, 2.75) is 13.3 Å². The molecule has 0 atom stereocenters. The third-order valence-electron chi connectivity index (χ3n) is 2.87. The molecule has 0 aliphatic carbocycles. The molecule has 2 aromatic rings. The first-order chi connectivity index (χ1) is 8.29. The summed E-state index contributed by atoms with van der Waals surface area (Å²) < 4.78 is 0. The average molecular weight is 246 g/mol. The molecule has 2 nitrogen and oxygen atoms in total. The van der Waals surface area contributed by atoms with Crippen LogP contribution in [0.25, 0.3) is 0 Å². The minimum absolute atomic E-state index is 0.830. The van der Waals surface area contributed by atoms with E-state index in [1.165, 1.54) is 11.3 Å². The van der Waals surface area contributed by atoms with Crippen molar-refractivity contribution in [3.05, 3.63) is 46.7 Å². The first kappa shape index (κ1) is 12.0. The third-order valence-corrected chi connectivity index (χ3v) is 3.60. The summed E-state index contributed by atoms with van der Waals surface area (Å²) in [6, 6.07) is 10.3. The highest BCUT2D eigenvalue weighted by Gasteiger charge is 2.04. The minimum atomic E-state index is 0.830. The van der Waals surface area contributed by atoms with E-state index >= 15 is 0 Å². The lowest BCUT2D eigenvalue weighted by molar-refractivity contribution is 0.810. The summed E-state index contributed by atoms with van der Waals surface area (Å²) in [4.78, 5) is 2.36. The molecule has 0 bridgehead atoms. The molecular weight excluding hydrogens is 228 g/mol. The Morgan fingerprint density at radius 2 is 2.18 bits per heavy atom. The van der Waals surface area contributed by atoms with Gasteiger partial charge < -0.3 is 10.6 Å². The predicted molar refractivity (Wildman–Crippen MR) is 76.8 cm³/mol. The monoisotopic (exact) mass is 246 g/mol. The van der Waals surface area contributed by atoms with E-state index in [1.54, 1.807) is 11.3 Å². The van der Waals surface area contributed by atoms with Gasteiger partial charge in [0, 0.05) is 24.5 Å². The second-order valence-electron chi connectivity index (χ2n) is 4.06. The summed E-state index contributed by atoms with van der Waals surface area (Å²) in [7, 11) is 0. The molecule has 0 aliphatic rings. The molecule has 2 rings (SSSR count). The van der Waals surface area contributed by atoms with Crippen LogP contribution in [-0.4, -0.2) is 13.1 Å². The summed E-state index contributed by atoms with van der Waals surface area (Å²) in [5.74, 6) is 0. The minimum Gasteiger partial charge on any atom is -0.399 e. The van der Waals surface area contributed by atoms with Crippen molar-refractivity contribution in [1.29, 1.82) is 0 Å². The number of hydrogen-bond acceptors (Lipinski definition) is 3. The third kappa shape index (κ3) is 3.24. The van der Waals surface area contributed by atoms with Crippen molar-refractivity contribution in [3.8, 4) is 0 Å². The van der Waals surface area contributed by atoms with Crippen LogP contribution in [-0.2, 0) is 6.42 Å². The number of thiophene rings is 1. The molecule has 1 heterocycles. The summed E-state index contributed by atoms with van der Waals surface area (Å²) in [5.41, 5.74) is 9.27. The summed E-state index contributed by atoms with van der Waals surface area (Å²) in [6.07, 6.45) is 1.09. The van der Waals surface area contributed by atoms with Crippen LogP contribution in [0.4, 0.5) is 11.4 Å². The Bertz CT molecular complexity index is 451. The summed E-state index contributed by atoms with van der Waals surface area (Å²) >= 11 is 1.76. The highest BCUT2D eigenvalue weighted by molar-refractivity contribution is 7.07. The lowest BCUT2D eigenvalue weighted by atomic mass is 10.2. The fourth-order valence-electron chi connectivity index (χ4n) is 1.89. The van der Waals surface area contributed by atoms with Gasteiger partial charge in [-0.15, -0.1) is 0 Å². The van der Waals surface area contributed by atoms with Gasteiger partial charge >= 0.3 is 0 Å². The summed E-state index contributed by atoms with van der Waals surface area (Å²) in [5, 5.41) is 4.35. The van der Waals surface area contributed by atoms with Crippen LogP contribution in [0.5, 0.6) is 0 Å². The molecular formula is C14H18N2S. The van der Waals surface area contributed by atoms with E-state index in [4.69, 9.17) is 5.73 Å². The average Bonchev–Trinajstić information content (AvgIpc) is 2.83. The van der Waals surface area contributed by atoms with Gasteiger partial charge in [-0.1, -0.05) is 6.07 Å². The van der Waals surface area contributed by atoms with Gasteiger partial charge in [-0.25, -0.2) is 0 Å². The molecule has 90 valence electrons. The number of nitrogen functional groups attached to an aromatic ring is 1. The standard InChI is InChI=1S/C14H18N2S/c1-2-16(8-6-12-7-9-17-11-12)14-5-3-4-13(15)10-14/h3-5,7,9-11H,2,6,8,15H2,1H3. The smallest absolute Gasteiger partial charge is 0.0386 e. The van der Waals surface area contributed by atoms with E-state index in [9.17, 15) is 0 Å². The molecule has 0 radical (unpaired) electrons. The molecule has 0 spiro atoms. The molecule has 2 N–H and O–H groups in total. The summed E-state index contributed by atoms with van der Waals surface area (Å²) in [6.45, 7) is 4.22. The molecule has 17 heavy (non-hydrogen) atoms. The zero-order chi connectivity index (χ0) is 12.1. The van der Waals surface area contributed by atoms with Gasteiger partial charge in [-0.2, -0.15) is 11.3 Å². The largest absolute Gasteiger partial charge is 0.399 e. The topological polar surface area (TPSA) is 29.3 Å². The van der Waals surface area contributed by atoms with Gasteiger partial charge in [0.2, 0.25) is 0 Å². The number of hydrogen-bond donors (Lipinski definition) is 1. The highest BCUT2D eigenvalue weighted by Crippen LogP contribution is 2.18. The van der Waals surface area contributed by atoms with E-state index in [-0.39, 0.29) is 0 Å². The van der Waals surface area contributed by atoms with Gasteiger partial charge in [-0.05, 0) is 53.9 Å². The van der Waals surface area contributed by atoms with Gasteiger partial charge in [0.05, 0.1) is 0 Å². The maximum atomic E-state index is 5.82. The Balaban J connectivity index is 2.01. The van der Waals surface area contributed by atoms with Gasteiger partial charge in [0.1, 0.15) is 0 Å². The lowest BCUT2D eigenvalue weighted by Gasteiger charge is -2.23. The van der Waals surface area contributed by atoms with E-state index < -0.39 is 0 Å². The second kappa shape index (κ2) is 5.73. The number of benzene rings is 1. The van der Waals surface area contributed by atoms with E-state index in [0.717, 1.165) is 25.2 Å². The number of nitrogens with two attached hydrogens (primary N) is 1. The van der Waals surface area contributed by atoms with Crippen LogP contribution in [0, 0.1) is 0 Å². The number of likely N-dealkylation sites (N-methyl/N-ethyl adjacent to an activating group) is 1. The van der Waals surface area contributed by atoms with Crippen molar-refractivity contribution in [2.24, 2.45) is 0 Å². The Morgan fingerprint density at radius 3 is 2.82 bits per heavy atom. The first-order valence-electron chi connectivity index (χ1n) is 5.91. The van der Waals surface area contributed by atoms with Gasteiger partial charge in [0.25, 0.3) is 0 Å². The van der Waals surface area contributed by atoms with Crippen LogP contribution in [0.3, 0.4) is 0 Å². The molecule has 1 aromatic heterocycles. The van der Waals surface area contributed by atoms with Crippen molar-refractivity contribution in [2.75, 3.05) is 23.7 Å². The SMILES string of the molecule is CCN(CCc1ccsc1)c1cccc(N)c1. The van der Waals surface area contributed by atoms with E-state index in [2.05, 4.69) is 34.7 Å². The maximum Gasteiger partial charge on any atom is 0.0386 e. The quantitative estimate of drug-likeness (QED) is 0.819. The number of nitrogens with zero attached hydrogens (tertiary/aromatic N) is 1. The molecule has 0 aliphatic heterocycles. The van der Waals surface area contributed by atoms with Crippen molar-refractivity contribution in [1.82, 2.24) is 0 Å². The van der Waals surface area contributed by atoms with Gasteiger partial charge in [0.15, 0.2) is 0 Å². The second-order valence-corrected chi connectivity index (χ2v) is 4.84. The normalized spacial score (nSPS) is 10.4. The molecule has 0 fully saturated rings. The molecule has 3 heteroatoms.